The zero-order chi connectivity index (χ0) is 11.3. The maximum Gasteiger partial charge on any atom is 0.124 e. The molecule has 0 aliphatic carbocycles. The first-order valence-electron chi connectivity index (χ1n) is 4.86. The van der Waals surface area contributed by atoms with Crippen molar-refractivity contribution in [2.24, 2.45) is 0 Å². The molecule has 15 heavy (non-hydrogen) atoms. The predicted octanol–water partition coefficient (Wildman–Crippen LogP) is 3.85. The molecule has 0 aliphatic heterocycles. The van der Waals surface area contributed by atoms with E-state index in [1.54, 1.807) is 6.07 Å². The molecule has 1 atom stereocenters. The Kier molecular flexibility index (Phi) is 5.79. The summed E-state index contributed by atoms with van der Waals surface area (Å²) in [4.78, 5) is 0. The highest BCUT2D eigenvalue weighted by Crippen LogP contribution is 2.14. The molecule has 1 aromatic rings. The van der Waals surface area contributed by atoms with Gasteiger partial charge in [-0.25, -0.2) is 4.39 Å². The zero-order valence-electron chi connectivity index (χ0n) is 8.56. The lowest BCUT2D eigenvalue weighted by Crippen LogP contribution is -2.25. The summed E-state index contributed by atoms with van der Waals surface area (Å²) in [7, 11) is 0. The average molecular weight is 339 g/mol. The van der Waals surface area contributed by atoms with Crippen molar-refractivity contribution in [1.29, 1.82) is 0 Å². The van der Waals surface area contributed by atoms with Gasteiger partial charge in [0.2, 0.25) is 0 Å². The molecule has 1 unspecified atom stereocenters. The Balaban J connectivity index is 2.50. The fraction of sp³-hybridized carbons (Fsp3) is 0.455. The number of nitrogens with one attached hydrogen (secondary N) is 1. The minimum Gasteiger partial charge on any atom is -0.310 e. The van der Waals surface area contributed by atoms with Crippen LogP contribution in [0, 0.1) is 5.82 Å². The normalized spacial score (nSPS) is 12.8. The Morgan fingerprint density at radius 2 is 2.13 bits per heavy atom. The summed E-state index contributed by atoms with van der Waals surface area (Å²) >= 11 is 6.67. The van der Waals surface area contributed by atoms with E-state index in [0.717, 1.165) is 21.8 Å². The number of hydrogen-bond donors (Lipinski definition) is 1. The lowest BCUT2D eigenvalue weighted by Gasteiger charge is -2.12. The predicted molar refractivity (Wildman–Crippen MR) is 68.8 cm³/mol. The van der Waals surface area contributed by atoms with Crippen molar-refractivity contribution in [3.05, 3.63) is 34.1 Å². The summed E-state index contributed by atoms with van der Waals surface area (Å²) < 4.78 is 13.8. The minimum absolute atomic E-state index is 0.200. The van der Waals surface area contributed by atoms with Crippen LogP contribution in [0.1, 0.15) is 18.9 Å². The molecule has 0 heterocycles. The molecule has 1 N–H and O–H groups in total. The van der Waals surface area contributed by atoms with E-state index in [0.29, 0.717) is 12.6 Å². The van der Waals surface area contributed by atoms with Gasteiger partial charge in [-0.1, -0.05) is 31.9 Å². The van der Waals surface area contributed by atoms with E-state index < -0.39 is 0 Å². The molecule has 1 nitrogen and oxygen atoms in total. The number of hydrogen-bond acceptors (Lipinski definition) is 1. The summed E-state index contributed by atoms with van der Waals surface area (Å²) in [6.07, 6.45) is 1.07. The highest BCUT2D eigenvalue weighted by Gasteiger charge is 2.02. The third-order valence-electron chi connectivity index (χ3n) is 2.12. The molecule has 0 radical (unpaired) electrons. The second-order valence-electron chi connectivity index (χ2n) is 3.54. The summed E-state index contributed by atoms with van der Waals surface area (Å²) in [5.41, 5.74) is 0.961. The zero-order valence-corrected chi connectivity index (χ0v) is 11.7. The molecular weight excluding hydrogens is 325 g/mol. The van der Waals surface area contributed by atoms with E-state index >= 15 is 0 Å². The quantitative estimate of drug-likeness (QED) is 0.804. The summed E-state index contributed by atoms with van der Waals surface area (Å²) in [6, 6.07) is 5.38. The van der Waals surface area contributed by atoms with Crippen molar-refractivity contribution in [3.8, 4) is 0 Å². The number of rotatable bonds is 5. The molecule has 1 aromatic carbocycles. The van der Waals surface area contributed by atoms with Crippen molar-refractivity contribution < 1.29 is 4.39 Å². The fourth-order valence-electron chi connectivity index (χ4n) is 1.27. The van der Waals surface area contributed by atoms with Gasteiger partial charge < -0.3 is 5.32 Å². The van der Waals surface area contributed by atoms with Crippen LogP contribution in [0.5, 0.6) is 0 Å². The van der Waals surface area contributed by atoms with Crippen LogP contribution in [0.2, 0.25) is 0 Å². The van der Waals surface area contributed by atoms with Gasteiger partial charge in [-0.05, 0) is 37.1 Å². The third kappa shape index (κ3) is 5.09. The summed E-state index contributed by atoms with van der Waals surface area (Å²) in [5, 5.41) is 4.32. The Morgan fingerprint density at radius 1 is 1.40 bits per heavy atom. The molecule has 0 fully saturated rings. The molecule has 0 saturated carbocycles. The van der Waals surface area contributed by atoms with Crippen LogP contribution in [0.4, 0.5) is 4.39 Å². The van der Waals surface area contributed by atoms with Gasteiger partial charge in [0.05, 0.1) is 0 Å². The van der Waals surface area contributed by atoms with E-state index in [9.17, 15) is 4.39 Å². The molecule has 0 bridgehead atoms. The molecule has 0 aromatic heterocycles. The van der Waals surface area contributed by atoms with Crippen molar-refractivity contribution in [2.75, 3.05) is 5.33 Å². The lowest BCUT2D eigenvalue weighted by molar-refractivity contribution is 0.536. The Morgan fingerprint density at radius 3 is 2.73 bits per heavy atom. The molecule has 84 valence electrons. The topological polar surface area (TPSA) is 12.0 Å². The maximum atomic E-state index is 13.0. The second-order valence-corrected chi connectivity index (χ2v) is 5.25. The Bertz CT molecular complexity index is 297. The largest absolute Gasteiger partial charge is 0.310 e. The van der Waals surface area contributed by atoms with E-state index in [1.165, 1.54) is 6.07 Å². The van der Waals surface area contributed by atoms with Gasteiger partial charge in [0.25, 0.3) is 0 Å². The number of benzene rings is 1. The monoisotopic (exact) mass is 337 g/mol. The average Bonchev–Trinajstić information content (AvgIpc) is 2.14. The Labute approximate surface area is 107 Å². The van der Waals surface area contributed by atoms with Crippen LogP contribution in [0.25, 0.3) is 0 Å². The SMILES string of the molecule is CC(CCBr)NCc1cc(F)cc(Br)c1. The third-order valence-corrected chi connectivity index (χ3v) is 3.03. The van der Waals surface area contributed by atoms with Crippen molar-refractivity contribution in [1.82, 2.24) is 5.32 Å². The number of halogens is 3. The van der Waals surface area contributed by atoms with Crippen LogP contribution in [0.3, 0.4) is 0 Å². The molecular formula is C11H14Br2FN. The van der Waals surface area contributed by atoms with Gasteiger partial charge in [0, 0.05) is 22.4 Å². The fourth-order valence-corrected chi connectivity index (χ4v) is 2.47. The first-order valence-corrected chi connectivity index (χ1v) is 6.77. The molecule has 0 spiro atoms. The smallest absolute Gasteiger partial charge is 0.124 e. The van der Waals surface area contributed by atoms with E-state index in [1.807, 2.05) is 6.07 Å². The molecule has 0 amide bonds. The van der Waals surface area contributed by atoms with Crippen LogP contribution >= 0.6 is 31.9 Å². The summed E-state index contributed by atoms with van der Waals surface area (Å²) in [6.45, 7) is 2.82. The lowest BCUT2D eigenvalue weighted by atomic mass is 10.2. The van der Waals surface area contributed by atoms with Crippen molar-refractivity contribution >= 4 is 31.9 Å². The van der Waals surface area contributed by atoms with E-state index in [4.69, 9.17) is 0 Å². The highest BCUT2D eigenvalue weighted by atomic mass is 79.9. The second kappa shape index (κ2) is 6.61. The molecule has 4 heteroatoms. The van der Waals surface area contributed by atoms with Crippen molar-refractivity contribution in [2.45, 2.75) is 25.9 Å². The van der Waals surface area contributed by atoms with Gasteiger partial charge in [0.15, 0.2) is 0 Å². The van der Waals surface area contributed by atoms with Crippen LogP contribution < -0.4 is 5.32 Å². The van der Waals surface area contributed by atoms with Crippen molar-refractivity contribution in [3.63, 3.8) is 0 Å². The number of alkyl halides is 1. The van der Waals surface area contributed by atoms with Crippen LogP contribution in [-0.2, 0) is 6.54 Å². The Hall–Kier alpha value is 0.0700. The van der Waals surface area contributed by atoms with Gasteiger partial charge in [0.1, 0.15) is 5.82 Å². The summed E-state index contributed by atoms with van der Waals surface area (Å²) in [5.74, 6) is -0.200. The first-order chi connectivity index (χ1) is 7.11. The standard InChI is InChI=1S/C11H14Br2FN/c1-8(2-3-12)15-7-9-4-10(13)6-11(14)5-9/h4-6,8,15H,2-3,7H2,1H3. The highest BCUT2D eigenvalue weighted by molar-refractivity contribution is 9.10. The van der Waals surface area contributed by atoms with Gasteiger partial charge in [-0.3, -0.25) is 0 Å². The van der Waals surface area contributed by atoms with E-state index in [-0.39, 0.29) is 5.82 Å². The van der Waals surface area contributed by atoms with Gasteiger partial charge >= 0.3 is 0 Å². The maximum absolute atomic E-state index is 13.0. The van der Waals surface area contributed by atoms with Gasteiger partial charge in [-0.2, -0.15) is 0 Å². The van der Waals surface area contributed by atoms with Gasteiger partial charge in [-0.15, -0.1) is 0 Å². The molecule has 0 aliphatic rings. The minimum atomic E-state index is -0.200. The first kappa shape index (κ1) is 13.1. The molecule has 1 rings (SSSR count). The van der Waals surface area contributed by atoms with Crippen LogP contribution in [-0.4, -0.2) is 11.4 Å². The van der Waals surface area contributed by atoms with Crippen LogP contribution in [0.15, 0.2) is 22.7 Å². The van der Waals surface area contributed by atoms with E-state index in [2.05, 4.69) is 44.1 Å². The molecule has 0 saturated heterocycles.